The Morgan fingerprint density at radius 3 is 2.58 bits per heavy atom. The fraction of sp³-hybridized carbons (Fsp3) is 0.462. The van der Waals surface area contributed by atoms with E-state index in [0.29, 0.717) is 18.5 Å². The fourth-order valence-corrected chi connectivity index (χ4v) is 3.72. The van der Waals surface area contributed by atoms with Crippen LogP contribution in [-0.4, -0.2) is 29.9 Å². The van der Waals surface area contributed by atoms with Gasteiger partial charge in [-0.3, -0.25) is 4.79 Å². The molecule has 0 radical (unpaired) electrons. The molecule has 6 heteroatoms. The maximum atomic E-state index is 11.9. The van der Waals surface area contributed by atoms with E-state index in [9.17, 15) is 13.2 Å². The van der Waals surface area contributed by atoms with E-state index in [0.717, 1.165) is 9.87 Å². The van der Waals surface area contributed by atoms with Crippen molar-refractivity contribution in [3.8, 4) is 0 Å². The van der Waals surface area contributed by atoms with Crippen LogP contribution in [0, 0.1) is 0 Å². The average molecular weight is 282 g/mol. The lowest BCUT2D eigenvalue weighted by Gasteiger charge is -2.43. The van der Waals surface area contributed by atoms with Crippen LogP contribution in [0.1, 0.15) is 25.8 Å². The van der Waals surface area contributed by atoms with E-state index < -0.39 is 14.8 Å². The number of aryl methyl sites for hydroxylation is 1. The van der Waals surface area contributed by atoms with Crippen molar-refractivity contribution in [1.29, 1.82) is 0 Å². The molecule has 104 valence electrons. The Bertz CT molecular complexity index is 608. The van der Waals surface area contributed by atoms with Crippen molar-refractivity contribution in [2.24, 2.45) is 0 Å². The number of hydrogen-bond acceptors (Lipinski definition) is 4. The van der Waals surface area contributed by atoms with Gasteiger partial charge in [0.1, 0.15) is 0 Å². The van der Waals surface area contributed by atoms with Gasteiger partial charge in [-0.05, 0) is 44.4 Å². The largest absolute Gasteiger partial charge is 0.399 e. The molecule has 19 heavy (non-hydrogen) atoms. The lowest BCUT2D eigenvalue weighted by atomic mass is 10.1. The molecule has 0 atom stereocenters. The van der Waals surface area contributed by atoms with Crippen LogP contribution in [0.3, 0.4) is 0 Å². The van der Waals surface area contributed by atoms with E-state index in [-0.39, 0.29) is 12.5 Å². The van der Waals surface area contributed by atoms with E-state index in [1.54, 1.807) is 6.07 Å². The highest BCUT2D eigenvalue weighted by Gasteiger charge is 2.59. The number of amides is 1. The highest BCUT2D eigenvalue weighted by Crippen LogP contribution is 2.34. The Labute approximate surface area is 113 Å². The Morgan fingerprint density at radius 2 is 2.00 bits per heavy atom. The first-order valence-electron chi connectivity index (χ1n) is 6.18. The van der Waals surface area contributed by atoms with Gasteiger partial charge < -0.3 is 5.73 Å². The van der Waals surface area contributed by atoms with Crippen molar-refractivity contribution >= 4 is 21.6 Å². The van der Waals surface area contributed by atoms with Gasteiger partial charge in [-0.25, -0.2) is 12.7 Å². The van der Waals surface area contributed by atoms with E-state index in [4.69, 9.17) is 5.73 Å². The van der Waals surface area contributed by atoms with E-state index in [1.165, 1.54) is 13.8 Å². The summed E-state index contributed by atoms with van der Waals surface area (Å²) in [5.41, 5.74) is 7.40. The van der Waals surface area contributed by atoms with Crippen molar-refractivity contribution in [1.82, 2.24) is 4.31 Å². The molecule has 1 fully saturated rings. The second-order valence-corrected chi connectivity index (χ2v) is 7.65. The van der Waals surface area contributed by atoms with Crippen LogP contribution >= 0.6 is 0 Å². The van der Waals surface area contributed by atoms with Crippen LogP contribution in [-0.2, 0) is 21.2 Å². The van der Waals surface area contributed by atoms with Gasteiger partial charge in [0.25, 0.3) is 15.9 Å². The average Bonchev–Trinajstić information content (AvgIpc) is 2.33. The summed E-state index contributed by atoms with van der Waals surface area (Å²) in [5, 5.41) is 0. The summed E-state index contributed by atoms with van der Waals surface area (Å²) in [6.07, 6.45) is 1.30. The quantitative estimate of drug-likeness (QED) is 0.840. The van der Waals surface area contributed by atoms with Gasteiger partial charge >= 0.3 is 0 Å². The summed E-state index contributed by atoms with van der Waals surface area (Å²) >= 11 is 0. The number of nitrogen functional groups attached to an aromatic ring is 1. The number of anilines is 1. The van der Waals surface area contributed by atoms with Crippen LogP contribution in [0.5, 0.6) is 0 Å². The lowest BCUT2D eigenvalue weighted by molar-refractivity contribution is -0.132. The number of hydrogen-bond donors (Lipinski definition) is 1. The molecule has 1 aromatic carbocycles. The number of carbonyl (C=O) groups excluding carboxylic acids is 1. The van der Waals surface area contributed by atoms with Crippen LogP contribution in [0.2, 0.25) is 0 Å². The highest BCUT2D eigenvalue weighted by atomic mass is 32.2. The number of nitrogens with zero attached hydrogens (tertiary/aromatic N) is 1. The van der Waals surface area contributed by atoms with Gasteiger partial charge in [-0.2, -0.15) is 0 Å². The zero-order valence-corrected chi connectivity index (χ0v) is 11.9. The molecular formula is C13H18N2O3S. The van der Waals surface area contributed by atoms with Crippen LogP contribution in [0.25, 0.3) is 0 Å². The zero-order chi connectivity index (χ0) is 14.3. The third kappa shape index (κ3) is 2.20. The standard InChI is InChI=1S/C13H18N2O3S/c1-13(2)12(16)15(19(13,17)18)8-4-6-10-5-3-7-11(14)9-10/h3,5,7,9H,4,6,8,14H2,1-2H3. The second-order valence-electron chi connectivity index (χ2n) is 5.24. The molecule has 1 aliphatic heterocycles. The molecular weight excluding hydrogens is 264 g/mol. The Balaban J connectivity index is 1.93. The molecule has 0 aromatic heterocycles. The van der Waals surface area contributed by atoms with Gasteiger partial charge in [-0.15, -0.1) is 0 Å². The molecule has 1 aliphatic rings. The topological polar surface area (TPSA) is 80.5 Å². The van der Waals surface area contributed by atoms with Crippen molar-refractivity contribution in [3.63, 3.8) is 0 Å². The summed E-state index contributed by atoms with van der Waals surface area (Å²) in [6.45, 7) is 3.12. The lowest BCUT2D eigenvalue weighted by Crippen LogP contribution is -2.67. The molecule has 1 amide bonds. The smallest absolute Gasteiger partial charge is 0.258 e. The molecule has 0 spiro atoms. The Hall–Kier alpha value is -1.56. The number of sulfonamides is 1. The first-order chi connectivity index (χ1) is 8.76. The number of rotatable bonds is 4. The summed E-state index contributed by atoms with van der Waals surface area (Å²) in [7, 11) is -3.45. The molecule has 0 aliphatic carbocycles. The third-order valence-corrected chi connectivity index (χ3v) is 5.85. The normalized spacial score (nSPS) is 20.1. The van der Waals surface area contributed by atoms with Gasteiger partial charge in [0.2, 0.25) is 0 Å². The molecule has 5 nitrogen and oxygen atoms in total. The molecule has 1 saturated heterocycles. The summed E-state index contributed by atoms with van der Waals surface area (Å²) < 4.78 is 23.4. The molecule has 1 aromatic rings. The SMILES string of the molecule is CC1(C)C(=O)N(CCCc2cccc(N)c2)S1(=O)=O. The monoisotopic (exact) mass is 282 g/mol. The molecule has 1 heterocycles. The van der Waals surface area contributed by atoms with Crippen LogP contribution in [0.4, 0.5) is 5.69 Å². The first kappa shape index (κ1) is 13.9. The predicted octanol–water partition coefficient (Wildman–Crippen LogP) is 1.15. The summed E-state index contributed by atoms with van der Waals surface area (Å²) in [6, 6.07) is 7.46. The van der Waals surface area contributed by atoms with Crippen molar-refractivity contribution in [2.75, 3.05) is 12.3 Å². The molecule has 2 N–H and O–H groups in total. The Kier molecular flexibility index (Phi) is 3.30. The van der Waals surface area contributed by atoms with Crippen molar-refractivity contribution in [3.05, 3.63) is 29.8 Å². The van der Waals surface area contributed by atoms with Crippen molar-refractivity contribution in [2.45, 2.75) is 31.4 Å². The zero-order valence-electron chi connectivity index (χ0n) is 11.1. The molecule has 2 rings (SSSR count). The van der Waals surface area contributed by atoms with Gasteiger partial charge in [0.05, 0.1) is 0 Å². The van der Waals surface area contributed by atoms with E-state index in [2.05, 4.69) is 0 Å². The minimum absolute atomic E-state index is 0.236. The number of benzene rings is 1. The van der Waals surface area contributed by atoms with E-state index in [1.807, 2.05) is 18.2 Å². The maximum absolute atomic E-state index is 11.9. The summed E-state index contributed by atoms with van der Waals surface area (Å²) in [5.74, 6) is -0.319. The van der Waals surface area contributed by atoms with Gasteiger partial charge in [-0.1, -0.05) is 12.1 Å². The number of nitrogens with two attached hydrogens (primary N) is 1. The molecule has 0 bridgehead atoms. The first-order valence-corrected chi connectivity index (χ1v) is 7.62. The molecule has 0 unspecified atom stereocenters. The third-order valence-electron chi connectivity index (χ3n) is 3.45. The van der Waals surface area contributed by atoms with Crippen molar-refractivity contribution < 1.29 is 13.2 Å². The second kappa shape index (κ2) is 4.52. The van der Waals surface area contributed by atoms with E-state index >= 15 is 0 Å². The predicted molar refractivity (Wildman–Crippen MR) is 73.9 cm³/mol. The Morgan fingerprint density at radius 1 is 1.32 bits per heavy atom. The minimum Gasteiger partial charge on any atom is -0.399 e. The van der Waals surface area contributed by atoms with Crippen LogP contribution < -0.4 is 5.73 Å². The fourth-order valence-electron chi connectivity index (χ4n) is 2.15. The highest BCUT2D eigenvalue weighted by molar-refractivity contribution is 7.94. The number of carbonyl (C=O) groups is 1. The maximum Gasteiger partial charge on any atom is 0.258 e. The minimum atomic E-state index is -3.45. The van der Waals surface area contributed by atoms with Gasteiger partial charge in [0.15, 0.2) is 4.75 Å². The molecule has 0 saturated carbocycles. The van der Waals surface area contributed by atoms with Gasteiger partial charge in [0, 0.05) is 12.2 Å². The van der Waals surface area contributed by atoms with Crippen LogP contribution in [0.15, 0.2) is 24.3 Å². The summed E-state index contributed by atoms with van der Waals surface area (Å²) in [4.78, 5) is 11.7.